The van der Waals surface area contributed by atoms with E-state index in [0.717, 1.165) is 5.56 Å². The molecule has 3 atom stereocenters. The number of carbonyl (C=O) groups is 2. The van der Waals surface area contributed by atoms with Crippen molar-refractivity contribution in [1.82, 2.24) is 14.8 Å². The zero-order valence-electron chi connectivity index (χ0n) is 22.0. The molecule has 0 spiro atoms. The third kappa shape index (κ3) is 6.33. The van der Waals surface area contributed by atoms with Crippen molar-refractivity contribution >= 4 is 17.6 Å². The van der Waals surface area contributed by atoms with Crippen molar-refractivity contribution in [3.05, 3.63) is 77.7 Å². The number of rotatable bonds is 6. The van der Waals surface area contributed by atoms with Crippen molar-refractivity contribution in [2.24, 2.45) is 5.92 Å². The lowest BCUT2D eigenvalue weighted by molar-refractivity contribution is 0.0356. The monoisotopic (exact) mass is 531 g/mol. The maximum Gasteiger partial charge on any atom is 0.321 e. The fourth-order valence-corrected chi connectivity index (χ4v) is 4.32. The van der Waals surface area contributed by atoms with Crippen LogP contribution in [0, 0.1) is 23.1 Å². The molecule has 1 aliphatic rings. The number of aliphatic hydroxyl groups excluding tert-OH is 1. The number of fused-ring (bicyclic) bond motifs is 1. The zero-order valence-corrected chi connectivity index (χ0v) is 22.0. The number of likely N-dealkylation sites (N-methyl/N-ethyl adjacent to an activating group) is 1. The molecule has 2 heterocycles. The van der Waals surface area contributed by atoms with E-state index in [1.165, 1.54) is 29.2 Å². The first-order valence-corrected chi connectivity index (χ1v) is 12.6. The fraction of sp³-hybridized carbons (Fsp3) is 0.310. The molecule has 0 bridgehead atoms. The lowest BCUT2D eigenvalue weighted by Gasteiger charge is -2.37. The molecule has 0 radical (unpaired) electrons. The molecule has 2 aromatic carbocycles. The summed E-state index contributed by atoms with van der Waals surface area (Å²) >= 11 is 0. The van der Waals surface area contributed by atoms with Gasteiger partial charge in [0.1, 0.15) is 17.5 Å². The number of halogens is 1. The highest BCUT2D eigenvalue weighted by atomic mass is 19.1. The number of aliphatic hydroxyl groups is 1. The molecule has 3 amide bonds. The van der Waals surface area contributed by atoms with Crippen molar-refractivity contribution in [3.63, 3.8) is 0 Å². The predicted molar refractivity (Wildman–Crippen MR) is 144 cm³/mol. The molecule has 0 fully saturated rings. The Bertz CT molecular complexity index is 1370. The van der Waals surface area contributed by atoms with E-state index >= 15 is 0 Å². The summed E-state index contributed by atoms with van der Waals surface area (Å²) in [4.78, 5) is 34.0. The third-order valence-electron chi connectivity index (χ3n) is 6.76. The second kappa shape index (κ2) is 11.9. The van der Waals surface area contributed by atoms with Gasteiger partial charge >= 0.3 is 6.03 Å². The number of carbonyl (C=O) groups excluding carboxylic acids is 2. The average molecular weight is 532 g/mol. The summed E-state index contributed by atoms with van der Waals surface area (Å²) in [6, 6.07) is 15.3. The molecule has 0 unspecified atom stereocenters. The molecule has 3 aromatic rings. The van der Waals surface area contributed by atoms with Crippen molar-refractivity contribution < 1.29 is 23.8 Å². The number of urea groups is 1. The number of ether oxygens (including phenoxy) is 1. The highest BCUT2D eigenvalue weighted by Gasteiger charge is 2.34. The van der Waals surface area contributed by atoms with Gasteiger partial charge in [-0.2, -0.15) is 5.26 Å². The van der Waals surface area contributed by atoms with Crippen molar-refractivity contribution in [1.29, 1.82) is 5.26 Å². The first-order valence-electron chi connectivity index (χ1n) is 12.6. The van der Waals surface area contributed by atoms with Crippen LogP contribution in [-0.2, 0) is 0 Å². The van der Waals surface area contributed by atoms with Crippen molar-refractivity contribution in [2.45, 2.75) is 26.0 Å². The minimum absolute atomic E-state index is 0.136. The number of aromatic nitrogens is 1. The lowest BCUT2D eigenvalue weighted by Crippen LogP contribution is -2.50. The van der Waals surface area contributed by atoms with E-state index < -0.39 is 24.0 Å². The first kappa shape index (κ1) is 27.5. The van der Waals surface area contributed by atoms with Gasteiger partial charge in [-0.05, 0) is 55.0 Å². The van der Waals surface area contributed by atoms with Gasteiger partial charge in [0, 0.05) is 37.0 Å². The summed E-state index contributed by atoms with van der Waals surface area (Å²) in [7, 11) is 1.62. The molecule has 9 nitrogen and oxygen atoms in total. The van der Waals surface area contributed by atoms with Crippen LogP contribution in [0.25, 0.3) is 11.1 Å². The molecule has 0 aliphatic carbocycles. The Morgan fingerprint density at radius 2 is 1.95 bits per heavy atom. The Morgan fingerprint density at radius 3 is 2.59 bits per heavy atom. The summed E-state index contributed by atoms with van der Waals surface area (Å²) < 4.78 is 19.5. The van der Waals surface area contributed by atoms with E-state index in [0.29, 0.717) is 23.4 Å². The number of hydrogen-bond donors (Lipinski definition) is 2. The topological polar surface area (TPSA) is 119 Å². The summed E-state index contributed by atoms with van der Waals surface area (Å²) in [5.74, 6) is -0.793. The Balaban J connectivity index is 1.62. The zero-order chi connectivity index (χ0) is 28.1. The van der Waals surface area contributed by atoms with E-state index in [4.69, 9.17) is 10.00 Å². The number of amides is 3. The number of anilines is 1. The van der Waals surface area contributed by atoms with Crippen LogP contribution in [0.1, 0.15) is 29.8 Å². The number of benzene rings is 2. The van der Waals surface area contributed by atoms with Crippen LogP contribution in [0.2, 0.25) is 0 Å². The van der Waals surface area contributed by atoms with Gasteiger partial charge < -0.3 is 25.0 Å². The van der Waals surface area contributed by atoms with E-state index in [9.17, 15) is 19.1 Å². The van der Waals surface area contributed by atoms with Gasteiger partial charge in [0.05, 0.1) is 30.8 Å². The lowest BCUT2D eigenvalue weighted by atomic mass is 9.99. The summed E-state index contributed by atoms with van der Waals surface area (Å²) in [6.07, 6.45) is 1.07. The summed E-state index contributed by atoms with van der Waals surface area (Å²) in [5, 5.41) is 21.7. The van der Waals surface area contributed by atoms with Gasteiger partial charge in [-0.15, -0.1) is 0 Å². The molecule has 4 rings (SSSR count). The third-order valence-corrected chi connectivity index (χ3v) is 6.76. The van der Waals surface area contributed by atoms with E-state index in [1.807, 2.05) is 6.92 Å². The van der Waals surface area contributed by atoms with Crippen LogP contribution in [0.15, 0.2) is 60.8 Å². The molecule has 39 heavy (non-hydrogen) atoms. The highest BCUT2D eigenvalue weighted by molar-refractivity contribution is 5.98. The highest BCUT2D eigenvalue weighted by Crippen LogP contribution is 2.30. The second-order valence-corrected chi connectivity index (χ2v) is 9.71. The van der Waals surface area contributed by atoms with E-state index in [1.54, 1.807) is 55.4 Å². The van der Waals surface area contributed by atoms with E-state index in [2.05, 4.69) is 16.4 Å². The van der Waals surface area contributed by atoms with Gasteiger partial charge in [0.15, 0.2) is 0 Å². The molecule has 0 saturated carbocycles. The van der Waals surface area contributed by atoms with Crippen LogP contribution >= 0.6 is 0 Å². The van der Waals surface area contributed by atoms with Crippen LogP contribution in [0.4, 0.5) is 14.9 Å². The minimum Gasteiger partial charge on any atom is -0.472 e. The van der Waals surface area contributed by atoms with Crippen LogP contribution < -0.4 is 10.1 Å². The molecular formula is C29H30FN5O4. The largest absolute Gasteiger partial charge is 0.472 e. The van der Waals surface area contributed by atoms with E-state index in [-0.39, 0.29) is 36.4 Å². The molecule has 10 heteroatoms. The number of nitrogens with zero attached hydrogens (tertiary/aromatic N) is 4. The van der Waals surface area contributed by atoms with Crippen LogP contribution in [0.3, 0.4) is 0 Å². The molecule has 0 saturated heterocycles. The Hall–Kier alpha value is -4.49. The van der Waals surface area contributed by atoms with Gasteiger partial charge in [-0.3, -0.25) is 4.79 Å². The van der Waals surface area contributed by atoms with Crippen molar-refractivity contribution in [3.8, 4) is 23.1 Å². The quantitative estimate of drug-likeness (QED) is 0.494. The summed E-state index contributed by atoms with van der Waals surface area (Å²) in [6.45, 7) is 3.93. The Morgan fingerprint density at radius 1 is 1.26 bits per heavy atom. The normalized spacial score (nSPS) is 17.6. The van der Waals surface area contributed by atoms with Crippen LogP contribution in [0.5, 0.6) is 5.88 Å². The summed E-state index contributed by atoms with van der Waals surface area (Å²) in [5.41, 5.74) is 2.67. The predicted octanol–water partition coefficient (Wildman–Crippen LogP) is 4.14. The number of nitriles is 1. The molecular weight excluding hydrogens is 501 g/mol. The standard InChI is InChI=1S/C29H30FN5O4/c1-18-15-35(19(2)17-36)28(37)25-12-22(21-6-4-20(13-31)5-7-21)14-32-27(25)39-26(18)16-34(3)29(38)33-24-10-8-23(30)9-11-24/h4-12,14,18-19,26,36H,15-17H2,1-3H3,(H,33,38)/t18-,19-,26-/m0/s1. The van der Waals surface area contributed by atoms with Crippen LogP contribution in [-0.4, -0.2) is 70.7 Å². The maximum absolute atomic E-state index is 13.6. The Labute approximate surface area is 226 Å². The molecule has 1 aliphatic heterocycles. The van der Waals surface area contributed by atoms with Gasteiger partial charge in [0.2, 0.25) is 5.88 Å². The van der Waals surface area contributed by atoms with Gasteiger partial charge in [-0.1, -0.05) is 19.1 Å². The number of hydrogen-bond acceptors (Lipinski definition) is 6. The smallest absolute Gasteiger partial charge is 0.321 e. The number of pyridine rings is 1. The molecule has 2 N–H and O–H groups in total. The first-order chi connectivity index (χ1) is 18.7. The SMILES string of the molecule is C[C@H]1CN([C@@H](C)CO)C(=O)c2cc(-c3ccc(C#N)cc3)cnc2O[C@H]1CN(C)C(=O)Nc1ccc(F)cc1. The van der Waals surface area contributed by atoms with Gasteiger partial charge in [-0.25, -0.2) is 14.2 Å². The fourth-order valence-electron chi connectivity index (χ4n) is 4.32. The van der Waals surface area contributed by atoms with Gasteiger partial charge in [0.25, 0.3) is 5.91 Å². The minimum atomic E-state index is -0.525. The second-order valence-electron chi connectivity index (χ2n) is 9.71. The average Bonchev–Trinajstić information content (AvgIpc) is 2.95. The number of nitrogens with one attached hydrogen (secondary N) is 1. The Kier molecular flexibility index (Phi) is 8.42. The maximum atomic E-state index is 13.6. The van der Waals surface area contributed by atoms with Crippen molar-refractivity contribution in [2.75, 3.05) is 32.1 Å². The molecule has 1 aromatic heterocycles. The molecule has 202 valence electrons.